The molecule has 0 saturated heterocycles. The zero-order valence-corrected chi connectivity index (χ0v) is 83.7. The molecular formula is C102H86F18N8O4P7Ru2. The fraction of sp³-hybridized carbons (Fsp3) is 0.0196. The minimum absolute atomic E-state index is 0. The van der Waals surface area contributed by atoms with Crippen LogP contribution in [0.2, 0.25) is 0 Å². The average molecular weight is 2250 g/mol. The third kappa shape index (κ3) is 51.6. The summed E-state index contributed by atoms with van der Waals surface area (Å²) >= 11 is 0. The first-order valence-electron chi connectivity index (χ1n) is 41.1. The van der Waals surface area contributed by atoms with Gasteiger partial charge in [0.1, 0.15) is 0 Å². The average Bonchev–Trinajstić information content (AvgIpc) is 0.790. The number of aryl methyl sites for hydroxylation is 2. The fourth-order valence-corrected chi connectivity index (χ4v) is 20.9. The molecule has 0 aliphatic heterocycles. The van der Waals surface area contributed by atoms with Gasteiger partial charge in [0.05, 0.1) is 22.8 Å². The molecule has 0 aliphatic carbocycles. The summed E-state index contributed by atoms with van der Waals surface area (Å²) in [7, 11) is -33.8. The van der Waals surface area contributed by atoms with E-state index in [4.69, 9.17) is 0 Å². The van der Waals surface area contributed by atoms with E-state index >= 15 is 0 Å². The number of hydrogen-bond donors (Lipinski definition) is 2. The van der Waals surface area contributed by atoms with Crippen LogP contribution in [0.5, 0.6) is 11.8 Å². The van der Waals surface area contributed by atoms with Crippen molar-refractivity contribution < 1.29 is 125 Å². The van der Waals surface area contributed by atoms with Crippen LogP contribution in [0.15, 0.2) is 484 Å². The van der Waals surface area contributed by atoms with Gasteiger partial charge >= 0.3 is 149 Å². The molecule has 18 rings (SSSR count). The van der Waals surface area contributed by atoms with Crippen LogP contribution in [0, 0.1) is 13.8 Å². The van der Waals surface area contributed by atoms with E-state index in [1.54, 1.807) is 38.6 Å². The molecule has 0 amide bonds. The molecule has 1 radical (unpaired) electrons. The molecule has 12 aromatic carbocycles. The number of nitrogens with one attached hydrogen (secondary N) is 2. The monoisotopic (exact) mass is 2250 g/mol. The maximum Gasteiger partial charge on any atom is 3.00 e. The van der Waals surface area contributed by atoms with Crippen LogP contribution in [0.4, 0.5) is 75.5 Å². The Kier molecular flexibility index (Phi) is 44.0. The van der Waals surface area contributed by atoms with Gasteiger partial charge in [0, 0.05) is 37.2 Å². The number of H-pyrrole nitrogens is 2. The zero-order chi connectivity index (χ0) is 101. The van der Waals surface area contributed by atoms with E-state index in [1.165, 1.54) is 76.0 Å². The second-order valence-corrected chi connectivity index (χ2v) is 43.1. The number of halogens is 18. The molecule has 6 heterocycles. The van der Waals surface area contributed by atoms with Crippen LogP contribution < -0.4 is 85.2 Å². The Bertz CT molecular complexity index is 5590. The predicted octanol–water partition coefficient (Wildman–Crippen LogP) is 26.5. The zero-order valence-electron chi connectivity index (χ0n) is 74.0. The molecule has 0 aliphatic rings. The number of nitrogens with zero attached hydrogens (tertiary/aromatic N) is 6. The quantitative estimate of drug-likeness (QED) is 0.0602. The van der Waals surface area contributed by atoms with Gasteiger partial charge in [-0.05, 0) is 181 Å². The van der Waals surface area contributed by atoms with E-state index in [2.05, 4.69) is 404 Å². The fourth-order valence-electron chi connectivity index (χ4n) is 11.7. The second-order valence-electron chi connectivity index (χ2n) is 28.5. The first kappa shape index (κ1) is 117. The summed E-state index contributed by atoms with van der Waals surface area (Å²) in [5.41, 5.74) is 3.38. The van der Waals surface area contributed by atoms with Crippen molar-refractivity contribution in [3.8, 4) is 34.5 Å². The van der Waals surface area contributed by atoms with E-state index in [-0.39, 0.29) is 39.0 Å². The van der Waals surface area contributed by atoms with Gasteiger partial charge in [-0.1, -0.05) is 388 Å². The Morgan fingerprint density at radius 3 is 0.418 bits per heavy atom. The van der Waals surface area contributed by atoms with Crippen LogP contribution in [0.3, 0.4) is 0 Å². The summed E-state index contributed by atoms with van der Waals surface area (Å²) in [6.07, 6.45) is 9.76. The summed E-state index contributed by atoms with van der Waals surface area (Å²) in [5.74, 6) is -0.919. The van der Waals surface area contributed by atoms with Crippen molar-refractivity contribution >= 4 is 119 Å². The maximum absolute atomic E-state index is 10.7. The molecule has 735 valence electrons. The number of hydrogen-bond acceptors (Lipinski definition) is 10. The van der Waals surface area contributed by atoms with Gasteiger partial charge in [0.2, 0.25) is 0 Å². The van der Waals surface area contributed by atoms with Crippen LogP contribution >= 0.6 is 55.1 Å². The van der Waals surface area contributed by atoms with Crippen molar-refractivity contribution in [1.82, 2.24) is 39.9 Å². The number of benzene rings is 12. The van der Waals surface area contributed by atoms with Gasteiger partial charge in [-0.2, -0.15) is 0 Å². The first-order valence-corrected chi connectivity index (χ1v) is 52.6. The standard InChI is InChI=1S/4C18H15P.2C10H8N2.2C5H6N2O2.3F6P.2Ru/c4*1-4-10-16(11-5-1)19(17-12-6-2-7-13-17)18-14-8-3-9-15-18;2*1-3-7-11-9(5-1)10-6-2-4-8-12-10;2*1-3-2-6-5(9)7-4(3)8;3*1-7(2,3,4,5)6;;/h4*1-15H;2*1-8H;2*2H,1H3,(H2,6,7,8,9);;;;;/q;;;;;;;;3*-1;+2;+3/p-2. The van der Waals surface area contributed by atoms with Gasteiger partial charge in [-0.3, -0.25) is 19.9 Å². The van der Waals surface area contributed by atoms with Gasteiger partial charge in [0.15, 0.2) is 0 Å². The molecule has 0 saturated carbocycles. The van der Waals surface area contributed by atoms with Crippen LogP contribution in [0.1, 0.15) is 11.1 Å². The van der Waals surface area contributed by atoms with Gasteiger partial charge in [-0.15, -0.1) is 0 Å². The second kappa shape index (κ2) is 52.9. The van der Waals surface area contributed by atoms with Crippen molar-refractivity contribution in [1.29, 1.82) is 0 Å². The molecule has 0 atom stereocenters. The van der Waals surface area contributed by atoms with Crippen LogP contribution in [-0.2, 0) is 39.0 Å². The van der Waals surface area contributed by atoms with E-state index in [0.29, 0.717) is 11.1 Å². The first-order chi connectivity index (χ1) is 65.5. The largest absolute Gasteiger partial charge is 3.00 e. The Morgan fingerprint density at radius 2 is 0.326 bits per heavy atom. The van der Waals surface area contributed by atoms with Crippen molar-refractivity contribution in [2.45, 2.75) is 13.8 Å². The van der Waals surface area contributed by atoms with Gasteiger partial charge in [-0.25, -0.2) is 19.6 Å². The third-order valence-electron chi connectivity index (χ3n) is 17.3. The van der Waals surface area contributed by atoms with Gasteiger partial charge in [0.25, 0.3) is 0 Å². The molecule has 141 heavy (non-hydrogen) atoms. The smallest absolute Gasteiger partial charge is 0.255 e. The summed E-state index contributed by atoms with van der Waals surface area (Å²) in [6, 6.07) is 152. The van der Waals surface area contributed by atoms with Gasteiger partial charge < -0.3 is 20.2 Å². The maximum atomic E-state index is 10.5. The SMILES string of the molecule is Cc1c[nH]c(=O)nc1[O-].Cc1c[nH]c(=O)nc1[O-].F[P-](F)(F)(F)(F)F.F[P-](F)(F)(F)(F)F.F[P-](F)(F)(F)(F)F.[Ru+2].[Ru+3].c1ccc(-c2ccccn2)nc1.c1ccc(-c2ccccn2)nc1.c1ccc(P(c2ccccc2)c2ccccc2)cc1.c1ccc(P(c2ccccc2)c2ccccc2)cc1.c1ccc(P(c2ccccc2)c2ccccc2)cc1.c1ccc(P(c2ccccc2)c2ccccc2)cc1. The van der Waals surface area contributed by atoms with Crippen molar-refractivity contribution in [2.75, 3.05) is 0 Å². The molecule has 12 nitrogen and oxygen atoms in total. The molecule has 0 bridgehead atoms. The van der Waals surface area contributed by atoms with Crippen molar-refractivity contribution in [2.24, 2.45) is 0 Å². The molecule has 2 N–H and O–H groups in total. The Morgan fingerprint density at radius 1 is 0.213 bits per heavy atom. The molecule has 0 fully saturated rings. The Balaban J connectivity index is 0.000000242. The topological polar surface area (TPSA) is 189 Å². The Labute approximate surface area is 832 Å². The molecule has 6 aromatic heterocycles. The molecule has 0 unspecified atom stereocenters. The number of aromatic nitrogens is 8. The minimum atomic E-state index is -10.7. The molecular weight excluding hydrogens is 2160 g/mol. The van der Waals surface area contributed by atoms with E-state index < -0.39 is 78.3 Å². The normalized spacial score (nSPS) is 12.0. The van der Waals surface area contributed by atoms with E-state index in [0.717, 1.165) is 22.8 Å². The van der Waals surface area contributed by atoms with Crippen LogP contribution in [0.25, 0.3) is 22.8 Å². The van der Waals surface area contributed by atoms with E-state index in [1.807, 2.05) is 72.8 Å². The van der Waals surface area contributed by atoms with E-state index in [9.17, 15) is 95.3 Å². The predicted molar refractivity (Wildman–Crippen MR) is 534 cm³/mol. The third-order valence-corrected chi connectivity index (χ3v) is 27.0. The number of pyridine rings is 4. The molecule has 18 aromatic rings. The minimum Gasteiger partial charge on any atom is -0.255 e. The number of rotatable bonds is 14. The number of aromatic amines is 2. The molecule has 39 heteroatoms. The summed E-state index contributed by atoms with van der Waals surface area (Å²) < 4.78 is 178. The molecule has 0 spiro atoms. The van der Waals surface area contributed by atoms with Crippen molar-refractivity contribution in [3.05, 3.63) is 506 Å². The summed E-state index contributed by atoms with van der Waals surface area (Å²) in [5, 5.41) is 37.8. The van der Waals surface area contributed by atoms with Crippen molar-refractivity contribution in [3.63, 3.8) is 0 Å². The Hall–Kier alpha value is -12.4. The van der Waals surface area contributed by atoms with Crippen LogP contribution in [-0.4, -0.2) is 39.9 Å². The summed E-state index contributed by atoms with van der Waals surface area (Å²) in [6.45, 7) is 3.18. The summed E-state index contributed by atoms with van der Waals surface area (Å²) in [4.78, 5) is 48.1.